The van der Waals surface area contributed by atoms with Crippen LogP contribution in [0.2, 0.25) is 0 Å². The van der Waals surface area contributed by atoms with Crippen LogP contribution < -0.4 is 5.32 Å². The summed E-state index contributed by atoms with van der Waals surface area (Å²) in [6, 6.07) is -1.37. The molecule has 1 rings (SSSR count). The van der Waals surface area contributed by atoms with Crippen LogP contribution in [0.4, 0.5) is 4.79 Å². The number of carbonyl (C=O) groups is 2. The van der Waals surface area contributed by atoms with Crippen molar-refractivity contribution in [1.29, 1.82) is 0 Å². The van der Waals surface area contributed by atoms with E-state index in [1.165, 1.54) is 4.90 Å². The average molecular weight is 260 g/mol. The Morgan fingerprint density at radius 2 is 2.17 bits per heavy atom. The maximum atomic E-state index is 11.7. The van der Waals surface area contributed by atoms with Gasteiger partial charge in [0.2, 0.25) is 0 Å². The van der Waals surface area contributed by atoms with Crippen molar-refractivity contribution in [2.75, 3.05) is 26.8 Å². The molecule has 0 spiro atoms. The van der Waals surface area contributed by atoms with Crippen molar-refractivity contribution < 1.29 is 24.5 Å². The first-order chi connectivity index (χ1) is 8.56. The van der Waals surface area contributed by atoms with Crippen LogP contribution in [-0.2, 0) is 9.53 Å². The van der Waals surface area contributed by atoms with Crippen LogP contribution in [0.5, 0.6) is 0 Å². The van der Waals surface area contributed by atoms with Crippen LogP contribution in [-0.4, -0.2) is 66.1 Å². The third-order valence-corrected chi connectivity index (χ3v) is 2.88. The number of nitrogens with zero attached hydrogens (tertiary/aromatic N) is 1. The number of aliphatic hydroxyl groups excluding tert-OH is 1. The number of rotatable bonds is 6. The number of nitrogens with one attached hydrogen (secondary N) is 1. The lowest BCUT2D eigenvalue weighted by atomic mass is 10.2. The smallest absolute Gasteiger partial charge is 0.326 e. The van der Waals surface area contributed by atoms with Crippen LogP contribution in [0.15, 0.2) is 0 Å². The Morgan fingerprint density at radius 1 is 1.44 bits per heavy atom. The zero-order valence-electron chi connectivity index (χ0n) is 10.5. The second-order valence-corrected chi connectivity index (χ2v) is 4.33. The first kappa shape index (κ1) is 14.7. The molecular weight excluding hydrogens is 240 g/mol. The fourth-order valence-corrected chi connectivity index (χ4v) is 1.94. The van der Waals surface area contributed by atoms with Crippen LogP contribution >= 0.6 is 0 Å². The van der Waals surface area contributed by atoms with Gasteiger partial charge in [-0.25, -0.2) is 9.59 Å². The van der Waals surface area contributed by atoms with E-state index in [0.717, 1.165) is 12.8 Å². The minimum absolute atomic E-state index is 0.0703. The Kier molecular flexibility index (Phi) is 5.87. The lowest BCUT2D eigenvalue weighted by Gasteiger charge is -2.21. The average Bonchev–Trinajstić information content (AvgIpc) is 2.71. The molecule has 1 fully saturated rings. The van der Waals surface area contributed by atoms with Crippen LogP contribution in [0.3, 0.4) is 0 Å². The molecule has 0 bridgehead atoms. The van der Waals surface area contributed by atoms with E-state index in [-0.39, 0.29) is 13.0 Å². The number of carboxylic acids is 1. The van der Waals surface area contributed by atoms with Crippen molar-refractivity contribution in [2.24, 2.45) is 0 Å². The fraction of sp³-hybridized carbons (Fsp3) is 0.818. The van der Waals surface area contributed by atoms with E-state index >= 15 is 0 Å². The molecule has 1 heterocycles. The van der Waals surface area contributed by atoms with Crippen LogP contribution in [0.1, 0.15) is 19.3 Å². The number of carboxylic acid groups (broad SMARTS) is 1. The molecule has 1 aliphatic rings. The van der Waals surface area contributed by atoms with Crippen molar-refractivity contribution in [3.8, 4) is 0 Å². The van der Waals surface area contributed by atoms with Crippen LogP contribution in [0, 0.1) is 0 Å². The second kappa shape index (κ2) is 7.17. The van der Waals surface area contributed by atoms with Crippen molar-refractivity contribution >= 4 is 12.0 Å². The number of methoxy groups -OCH3 is 1. The highest BCUT2D eigenvalue weighted by Crippen LogP contribution is 2.17. The molecule has 0 unspecified atom stereocenters. The number of amides is 2. The van der Waals surface area contributed by atoms with E-state index in [9.17, 15) is 14.7 Å². The van der Waals surface area contributed by atoms with E-state index in [2.05, 4.69) is 5.32 Å². The number of aliphatic carboxylic acids is 1. The second-order valence-electron chi connectivity index (χ2n) is 4.33. The molecule has 2 amide bonds. The summed E-state index contributed by atoms with van der Waals surface area (Å²) in [4.78, 5) is 23.8. The van der Waals surface area contributed by atoms with Crippen molar-refractivity contribution in [2.45, 2.75) is 31.4 Å². The van der Waals surface area contributed by atoms with Gasteiger partial charge in [-0.15, -0.1) is 0 Å². The third-order valence-electron chi connectivity index (χ3n) is 2.88. The molecule has 0 aromatic carbocycles. The molecule has 104 valence electrons. The molecule has 7 heteroatoms. The molecule has 2 atom stereocenters. The number of hydrogen-bond acceptors (Lipinski definition) is 4. The van der Waals surface area contributed by atoms with Gasteiger partial charge in [-0.3, -0.25) is 0 Å². The molecule has 18 heavy (non-hydrogen) atoms. The highest BCUT2D eigenvalue weighted by molar-refractivity contribution is 5.83. The predicted molar refractivity (Wildman–Crippen MR) is 63.3 cm³/mol. The topological polar surface area (TPSA) is 99.1 Å². The molecule has 0 aromatic heterocycles. The minimum atomic E-state index is -1.08. The molecule has 0 saturated carbocycles. The van der Waals surface area contributed by atoms with Gasteiger partial charge in [0.1, 0.15) is 6.04 Å². The highest BCUT2D eigenvalue weighted by atomic mass is 16.5. The maximum Gasteiger partial charge on any atom is 0.326 e. The molecule has 0 aromatic rings. The lowest BCUT2D eigenvalue weighted by molar-refractivity contribution is -0.141. The third kappa shape index (κ3) is 4.15. The van der Waals surface area contributed by atoms with E-state index in [4.69, 9.17) is 9.84 Å². The number of β-amino-alcohol motifs (C(OH)–C–C–N with tert-alkyl or cyclic N) is 1. The van der Waals surface area contributed by atoms with Crippen molar-refractivity contribution in [1.82, 2.24) is 10.2 Å². The summed E-state index contributed by atoms with van der Waals surface area (Å²) in [6.45, 7) is 1.18. The quantitative estimate of drug-likeness (QED) is 0.566. The number of hydrogen-bond donors (Lipinski definition) is 3. The summed E-state index contributed by atoms with van der Waals surface area (Å²) >= 11 is 0. The molecule has 3 N–H and O–H groups in total. The maximum absolute atomic E-state index is 11.7. The van der Waals surface area contributed by atoms with Gasteiger partial charge in [0.25, 0.3) is 0 Å². The Bertz CT molecular complexity index is 297. The number of likely N-dealkylation sites (tertiary alicyclic amines) is 1. The lowest BCUT2D eigenvalue weighted by Crippen LogP contribution is -2.46. The van der Waals surface area contributed by atoms with Gasteiger partial charge in [-0.05, 0) is 12.8 Å². The van der Waals surface area contributed by atoms with Gasteiger partial charge in [-0.2, -0.15) is 0 Å². The summed E-state index contributed by atoms with van der Waals surface area (Å²) in [5.74, 6) is -1.08. The number of ether oxygens (including phenoxy) is 1. The van der Waals surface area contributed by atoms with Gasteiger partial charge in [0, 0.05) is 33.2 Å². The number of aliphatic hydroxyl groups is 1. The standard InChI is InChI=1S/C11H20N2O5/c1-18-5-3-2-4-12-11(17)13-7-8(14)6-9(13)10(15)16/h8-9,14H,2-7H2,1H3,(H,12,17)(H,15,16)/t8-,9-/m0/s1. The molecule has 0 radical (unpaired) electrons. The summed E-state index contributed by atoms with van der Waals surface area (Å²) in [7, 11) is 1.61. The highest BCUT2D eigenvalue weighted by Gasteiger charge is 2.38. The number of carbonyl (C=O) groups excluding carboxylic acids is 1. The van der Waals surface area contributed by atoms with E-state index in [1.54, 1.807) is 7.11 Å². The Balaban J connectivity index is 2.33. The normalized spacial score (nSPS) is 23.1. The summed E-state index contributed by atoms with van der Waals surface area (Å²) in [5.41, 5.74) is 0. The monoisotopic (exact) mass is 260 g/mol. The minimum Gasteiger partial charge on any atom is -0.480 e. The van der Waals surface area contributed by atoms with Gasteiger partial charge < -0.3 is 25.2 Å². The summed E-state index contributed by atoms with van der Waals surface area (Å²) in [5, 5.41) is 21.0. The van der Waals surface area contributed by atoms with Gasteiger partial charge >= 0.3 is 12.0 Å². The van der Waals surface area contributed by atoms with Gasteiger partial charge in [0.15, 0.2) is 0 Å². The summed E-state index contributed by atoms with van der Waals surface area (Å²) < 4.78 is 4.88. The van der Waals surface area contributed by atoms with Crippen molar-refractivity contribution in [3.05, 3.63) is 0 Å². The summed E-state index contributed by atoms with van der Waals surface area (Å²) in [6.07, 6.45) is 0.937. The molecular formula is C11H20N2O5. The molecule has 0 aliphatic carbocycles. The molecule has 1 aliphatic heterocycles. The largest absolute Gasteiger partial charge is 0.480 e. The van der Waals surface area contributed by atoms with E-state index in [1.807, 2.05) is 0 Å². The zero-order chi connectivity index (χ0) is 13.5. The van der Waals surface area contributed by atoms with E-state index in [0.29, 0.717) is 13.2 Å². The Labute approximate surface area is 106 Å². The fourth-order valence-electron chi connectivity index (χ4n) is 1.94. The van der Waals surface area contributed by atoms with Gasteiger partial charge in [-0.1, -0.05) is 0 Å². The SMILES string of the molecule is COCCCCNC(=O)N1C[C@@H](O)C[C@H]1C(=O)O. The number of urea groups is 1. The Morgan fingerprint density at radius 3 is 2.78 bits per heavy atom. The van der Waals surface area contributed by atoms with Crippen molar-refractivity contribution in [3.63, 3.8) is 0 Å². The van der Waals surface area contributed by atoms with E-state index < -0.39 is 24.1 Å². The first-order valence-corrected chi connectivity index (χ1v) is 6.00. The Hall–Kier alpha value is -1.34. The molecule has 7 nitrogen and oxygen atoms in total. The first-order valence-electron chi connectivity index (χ1n) is 6.00. The predicted octanol–water partition coefficient (Wildman–Crippen LogP) is -0.358. The van der Waals surface area contributed by atoms with Crippen LogP contribution in [0.25, 0.3) is 0 Å². The van der Waals surface area contributed by atoms with Gasteiger partial charge in [0.05, 0.1) is 6.10 Å². The number of unbranched alkanes of at least 4 members (excludes halogenated alkanes) is 1. The molecule has 1 saturated heterocycles. The zero-order valence-corrected chi connectivity index (χ0v) is 10.5.